The maximum absolute atomic E-state index is 14.4. The topological polar surface area (TPSA) is 90.4 Å². The smallest absolute Gasteiger partial charge is 0.249 e. The minimum Gasteiger partial charge on any atom is -0.396 e. The summed E-state index contributed by atoms with van der Waals surface area (Å²) >= 11 is 0. The molecule has 4 aliphatic heterocycles. The Labute approximate surface area is 237 Å². The minimum absolute atomic E-state index is 0.0568. The number of nitrogens with zero attached hydrogens (tertiary/aromatic N) is 3. The van der Waals surface area contributed by atoms with Gasteiger partial charge in [0.25, 0.3) is 0 Å². The highest BCUT2D eigenvalue weighted by atomic mass is 16.5. The van der Waals surface area contributed by atoms with Gasteiger partial charge in [-0.15, -0.1) is 0 Å². The van der Waals surface area contributed by atoms with Crippen LogP contribution in [0.3, 0.4) is 0 Å². The largest absolute Gasteiger partial charge is 0.396 e. The van der Waals surface area contributed by atoms with Gasteiger partial charge in [0.05, 0.1) is 17.4 Å². The van der Waals surface area contributed by atoms with E-state index in [-0.39, 0.29) is 24.3 Å². The maximum atomic E-state index is 14.4. The van der Waals surface area contributed by atoms with Gasteiger partial charge in [0.1, 0.15) is 11.6 Å². The summed E-state index contributed by atoms with van der Waals surface area (Å²) in [5.74, 6) is -1.80. The lowest BCUT2D eigenvalue weighted by atomic mass is 9.73. The van der Waals surface area contributed by atoms with Crippen LogP contribution in [-0.4, -0.2) is 87.6 Å². The van der Waals surface area contributed by atoms with Crippen LogP contribution >= 0.6 is 0 Å². The van der Waals surface area contributed by atoms with Crippen molar-refractivity contribution in [1.82, 2.24) is 14.7 Å². The molecule has 5 atom stereocenters. The number of likely N-dealkylation sites (tertiary alicyclic amines) is 1. The average molecular weight is 550 g/mol. The summed E-state index contributed by atoms with van der Waals surface area (Å²) in [4.78, 5) is 48.4. The quantitative estimate of drug-likeness (QED) is 0.338. The number of rotatable bonds is 11. The van der Waals surface area contributed by atoms with Crippen molar-refractivity contribution in [3.8, 4) is 0 Å². The Hall–Kier alpha value is -2.97. The Bertz CT molecular complexity index is 1150. The fraction of sp³-hybridized carbons (Fsp3) is 0.594. The Morgan fingerprint density at radius 2 is 1.57 bits per heavy atom. The van der Waals surface area contributed by atoms with E-state index in [1.54, 1.807) is 9.80 Å². The molecule has 4 heterocycles. The van der Waals surface area contributed by atoms with Gasteiger partial charge in [-0.1, -0.05) is 81.3 Å². The molecule has 0 aromatic heterocycles. The maximum Gasteiger partial charge on any atom is 0.249 e. The molecule has 1 N–H and O–H groups in total. The SMILES string of the molecule is CCCN1CC=C[C@]2(CC)O[C@]34C=CCN(Cc5ccccc5)C(=O)C3N(CCCCCCO)C(=O)[C@@H]4[C@@H]2C1=O. The van der Waals surface area contributed by atoms with Crippen LogP contribution in [0.4, 0.5) is 0 Å². The lowest BCUT2D eigenvalue weighted by Crippen LogP contribution is -2.56. The van der Waals surface area contributed by atoms with Crippen molar-refractivity contribution in [2.75, 3.05) is 32.8 Å². The van der Waals surface area contributed by atoms with E-state index < -0.39 is 29.1 Å². The third-order valence-corrected chi connectivity index (χ3v) is 9.12. The number of unbranched alkanes of at least 4 members (excludes halogenated alkanes) is 3. The number of amides is 3. The van der Waals surface area contributed by atoms with Crippen molar-refractivity contribution in [3.63, 3.8) is 0 Å². The lowest BCUT2D eigenvalue weighted by molar-refractivity contribution is -0.154. The Morgan fingerprint density at radius 1 is 0.850 bits per heavy atom. The van der Waals surface area contributed by atoms with Gasteiger partial charge in [-0.3, -0.25) is 14.4 Å². The molecule has 3 amide bonds. The number of hydrogen-bond donors (Lipinski definition) is 1. The van der Waals surface area contributed by atoms with Gasteiger partial charge < -0.3 is 24.5 Å². The number of hydrogen-bond acceptors (Lipinski definition) is 5. The minimum atomic E-state index is -1.21. The monoisotopic (exact) mass is 549 g/mol. The molecule has 1 spiro atoms. The third-order valence-electron chi connectivity index (χ3n) is 9.12. The molecule has 8 nitrogen and oxygen atoms in total. The molecule has 5 rings (SSSR count). The van der Waals surface area contributed by atoms with E-state index in [0.717, 1.165) is 37.7 Å². The molecule has 216 valence electrons. The molecule has 4 aliphatic rings. The van der Waals surface area contributed by atoms with Crippen molar-refractivity contribution < 1.29 is 24.2 Å². The highest BCUT2D eigenvalue weighted by molar-refractivity contribution is 6.00. The standard InChI is InChI=1S/C32H43N3O5/c1-3-18-33-19-12-16-31(4-2)25(28(33)37)26-29(38)35(21-10-5-6-11-22-36)27-30(39)34(20-13-17-32(26,27)40-31)23-24-14-8-7-9-15-24/h7-9,12-17,25-27,36H,3-6,10-11,18-23H2,1-2H3/t25-,26+,27?,31+,32+/m1/s1. The van der Waals surface area contributed by atoms with Crippen LogP contribution in [-0.2, 0) is 25.7 Å². The number of carbonyl (C=O) groups is 3. The van der Waals surface area contributed by atoms with E-state index in [1.165, 1.54) is 0 Å². The first-order valence-corrected chi connectivity index (χ1v) is 15.0. The van der Waals surface area contributed by atoms with Crippen molar-refractivity contribution in [1.29, 1.82) is 0 Å². The number of benzene rings is 1. The summed E-state index contributed by atoms with van der Waals surface area (Å²) in [5, 5.41) is 9.18. The van der Waals surface area contributed by atoms with Crippen molar-refractivity contribution >= 4 is 17.7 Å². The van der Waals surface area contributed by atoms with E-state index in [0.29, 0.717) is 39.1 Å². The number of carbonyl (C=O) groups excluding carboxylic acids is 3. The fourth-order valence-corrected chi connectivity index (χ4v) is 7.26. The zero-order chi connectivity index (χ0) is 28.3. The summed E-state index contributed by atoms with van der Waals surface area (Å²) in [5.41, 5.74) is -1.13. The van der Waals surface area contributed by atoms with Gasteiger partial charge in [0.2, 0.25) is 17.7 Å². The van der Waals surface area contributed by atoms with Crippen LogP contribution in [0, 0.1) is 11.8 Å². The molecule has 2 saturated heterocycles. The summed E-state index contributed by atoms with van der Waals surface area (Å²) < 4.78 is 7.02. The molecule has 1 aromatic rings. The molecule has 0 radical (unpaired) electrons. The lowest BCUT2D eigenvalue weighted by Gasteiger charge is -2.38. The van der Waals surface area contributed by atoms with Gasteiger partial charge in [-0.2, -0.15) is 0 Å². The molecule has 1 aromatic carbocycles. The molecule has 0 aliphatic carbocycles. The third kappa shape index (κ3) is 4.79. The second kappa shape index (κ2) is 11.9. The predicted octanol–water partition coefficient (Wildman–Crippen LogP) is 3.31. The Balaban J connectivity index is 1.55. The normalized spacial score (nSPS) is 31.3. The van der Waals surface area contributed by atoms with E-state index in [1.807, 2.05) is 73.4 Å². The summed E-state index contributed by atoms with van der Waals surface area (Å²) in [7, 11) is 0. The Kier molecular flexibility index (Phi) is 8.47. The first-order chi connectivity index (χ1) is 19.4. The number of fused-ring (bicyclic) bond motifs is 2. The molecular formula is C32H43N3O5. The van der Waals surface area contributed by atoms with Crippen LogP contribution < -0.4 is 0 Å². The first kappa shape index (κ1) is 28.6. The number of aliphatic hydroxyl groups excluding tert-OH is 1. The van der Waals surface area contributed by atoms with E-state index in [4.69, 9.17) is 4.74 Å². The van der Waals surface area contributed by atoms with Gasteiger partial charge in [0, 0.05) is 39.3 Å². The van der Waals surface area contributed by atoms with Gasteiger partial charge in [0.15, 0.2) is 0 Å². The molecule has 1 unspecified atom stereocenters. The van der Waals surface area contributed by atoms with Crippen molar-refractivity contribution in [2.24, 2.45) is 11.8 Å². The van der Waals surface area contributed by atoms with Crippen LogP contribution in [0.25, 0.3) is 0 Å². The van der Waals surface area contributed by atoms with Crippen molar-refractivity contribution in [2.45, 2.75) is 76.2 Å². The summed E-state index contributed by atoms with van der Waals surface area (Å²) in [6.45, 7) is 6.58. The molecule has 8 heteroatoms. The van der Waals surface area contributed by atoms with E-state index in [9.17, 15) is 19.5 Å². The predicted molar refractivity (Wildman–Crippen MR) is 152 cm³/mol. The molecule has 0 bridgehead atoms. The Morgan fingerprint density at radius 3 is 2.30 bits per heavy atom. The molecule has 40 heavy (non-hydrogen) atoms. The zero-order valence-corrected chi connectivity index (χ0v) is 23.8. The second-order valence-electron chi connectivity index (χ2n) is 11.6. The average Bonchev–Trinajstić information content (AvgIpc) is 3.25. The highest BCUT2D eigenvalue weighted by Crippen LogP contribution is 2.58. The number of aliphatic hydroxyl groups is 1. The zero-order valence-electron chi connectivity index (χ0n) is 23.8. The van der Waals surface area contributed by atoms with E-state index in [2.05, 4.69) is 0 Å². The van der Waals surface area contributed by atoms with Crippen LogP contribution in [0.2, 0.25) is 0 Å². The van der Waals surface area contributed by atoms with Crippen molar-refractivity contribution in [3.05, 3.63) is 60.2 Å². The van der Waals surface area contributed by atoms with Gasteiger partial charge >= 0.3 is 0 Å². The van der Waals surface area contributed by atoms with Gasteiger partial charge in [-0.25, -0.2) is 0 Å². The highest BCUT2D eigenvalue weighted by Gasteiger charge is 2.75. The van der Waals surface area contributed by atoms with Crippen LogP contribution in [0.15, 0.2) is 54.6 Å². The summed E-state index contributed by atoms with van der Waals surface area (Å²) in [6.07, 6.45) is 12.4. The summed E-state index contributed by atoms with van der Waals surface area (Å²) in [6, 6.07) is 9.04. The fourth-order valence-electron chi connectivity index (χ4n) is 7.26. The number of ether oxygens (including phenoxy) is 1. The first-order valence-electron chi connectivity index (χ1n) is 15.0. The molecular weight excluding hydrogens is 506 g/mol. The van der Waals surface area contributed by atoms with Crippen LogP contribution in [0.5, 0.6) is 0 Å². The molecule has 0 saturated carbocycles. The van der Waals surface area contributed by atoms with Crippen LogP contribution in [0.1, 0.15) is 57.9 Å². The van der Waals surface area contributed by atoms with E-state index >= 15 is 0 Å². The second-order valence-corrected chi connectivity index (χ2v) is 11.6. The molecule has 2 fully saturated rings. The van der Waals surface area contributed by atoms with Gasteiger partial charge in [-0.05, 0) is 31.2 Å².